The Hall–Kier alpha value is -0.925. The van der Waals surface area contributed by atoms with E-state index >= 15 is 0 Å². The minimum atomic E-state index is -0.970. The lowest BCUT2D eigenvalue weighted by Crippen LogP contribution is -2.28. The maximum Gasteiger partial charge on any atom is 0.138 e. The van der Waals surface area contributed by atoms with E-state index in [1.165, 1.54) is 0 Å². The molecule has 1 fully saturated rings. The molecule has 78 valence electrons. The molecule has 0 saturated heterocycles. The van der Waals surface area contributed by atoms with Crippen molar-refractivity contribution in [2.24, 2.45) is 17.8 Å². The Morgan fingerprint density at radius 2 is 2.13 bits per heavy atom. The predicted molar refractivity (Wildman–Crippen MR) is 54.3 cm³/mol. The van der Waals surface area contributed by atoms with Crippen LogP contribution in [0, 0.1) is 17.8 Å². The summed E-state index contributed by atoms with van der Waals surface area (Å²) in [6, 6.07) is 0. The molecule has 4 heteroatoms. The third-order valence-corrected chi connectivity index (χ3v) is 3.42. The number of halogens is 1. The highest BCUT2D eigenvalue weighted by atomic mass is 19.1. The summed E-state index contributed by atoms with van der Waals surface area (Å²) in [6.45, 7) is -0.463. The second kappa shape index (κ2) is 3.91. The van der Waals surface area contributed by atoms with Gasteiger partial charge in [-0.05, 0) is 18.8 Å². The molecule has 2 aliphatic carbocycles. The van der Waals surface area contributed by atoms with Crippen molar-refractivity contribution in [2.75, 3.05) is 6.67 Å². The SMILES string of the molecule is [B]C1C(=O)C2CC=CC(CCF)C2C1=O. The molecule has 2 nitrogen and oxygen atoms in total. The van der Waals surface area contributed by atoms with E-state index in [4.69, 9.17) is 7.85 Å². The van der Waals surface area contributed by atoms with Gasteiger partial charge in [0.25, 0.3) is 0 Å². The first kappa shape index (κ1) is 10.6. The van der Waals surface area contributed by atoms with Crippen LogP contribution in [0.1, 0.15) is 12.8 Å². The van der Waals surface area contributed by atoms with Gasteiger partial charge < -0.3 is 0 Å². The van der Waals surface area contributed by atoms with Gasteiger partial charge in [-0.15, -0.1) is 0 Å². The number of rotatable bonds is 2. The Balaban J connectivity index is 2.26. The van der Waals surface area contributed by atoms with Crippen LogP contribution >= 0.6 is 0 Å². The summed E-state index contributed by atoms with van der Waals surface area (Å²) in [5.41, 5.74) is 0. The second-order valence-electron chi connectivity index (χ2n) is 4.22. The zero-order valence-electron chi connectivity index (χ0n) is 8.36. The number of carbonyl (C=O) groups excluding carboxylic acids is 2. The van der Waals surface area contributed by atoms with Gasteiger partial charge in [-0.1, -0.05) is 12.2 Å². The largest absolute Gasteiger partial charge is 0.299 e. The number of fused-ring (bicyclic) bond motifs is 1. The summed E-state index contributed by atoms with van der Waals surface area (Å²) >= 11 is 0. The van der Waals surface area contributed by atoms with Crippen LogP contribution in [0.2, 0.25) is 5.82 Å². The molecule has 1 saturated carbocycles. The molecule has 0 spiro atoms. The van der Waals surface area contributed by atoms with Crippen LogP contribution in [0.3, 0.4) is 0 Å². The van der Waals surface area contributed by atoms with E-state index in [1.54, 1.807) is 0 Å². The Morgan fingerprint density at radius 1 is 1.40 bits per heavy atom. The maximum absolute atomic E-state index is 12.3. The molecular formula is C11H12BFO2. The normalized spacial score (nSPS) is 39.5. The van der Waals surface area contributed by atoms with Gasteiger partial charge in [-0.2, -0.15) is 0 Å². The fourth-order valence-corrected chi connectivity index (χ4v) is 2.65. The molecule has 0 heterocycles. The van der Waals surface area contributed by atoms with Crippen LogP contribution in [0.4, 0.5) is 4.39 Å². The molecule has 15 heavy (non-hydrogen) atoms. The van der Waals surface area contributed by atoms with Crippen molar-refractivity contribution >= 4 is 19.4 Å². The Labute approximate surface area is 89.3 Å². The van der Waals surface area contributed by atoms with Crippen molar-refractivity contribution in [3.8, 4) is 0 Å². The molecule has 0 bridgehead atoms. The zero-order chi connectivity index (χ0) is 11.0. The average Bonchev–Trinajstić information content (AvgIpc) is 2.46. The van der Waals surface area contributed by atoms with Crippen molar-refractivity contribution in [2.45, 2.75) is 18.7 Å². The topological polar surface area (TPSA) is 34.1 Å². The highest BCUT2D eigenvalue weighted by Crippen LogP contribution is 2.43. The molecule has 0 aliphatic heterocycles. The molecule has 0 amide bonds. The van der Waals surface area contributed by atoms with E-state index in [0.717, 1.165) is 0 Å². The Morgan fingerprint density at radius 3 is 2.80 bits per heavy atom. The fraction of sp³-hybridized carbons (Fsp3) is 0.636. The summed E-state index contributed by atoms with van der Waals surface area (Å²) in [6.07, 6.45) is 4.60. The molecule has 0 aromatic carbocycles. The van der Waals surface area contributed by atoms with Crippen LogP contribution in [-0.4, -0.2) is 26.1 Å². The summed E-state index contributed by atoms with van der Waals surface area (Å²) in [4.78, 5) is 23.4. The van der Waals surface area contributed by atoms with Gasteiger partial charge in [0.05, 0.1) is 14.5 Å². The smallest absolute Gasteiger partial charge is 0.138 e. The van der Waals surface area contributed by atoms with Gasteiger partial charge in [-0.3, -0.25) is 14.0 Å². The average molecular weight is 206 g/mol. The number of hydrogen-bond acceptors (Lipinski definition) is 2. The zero-order valence-corrected chi connectivity index (χ0v) is 8.36. The Bertz CT molecular complexity index is 327. The molecule has 2 aliphatic rings. The van der Waals surface area contributed by atoms with Crippen molar-refractivity contribution in [1.82, 2.24) is 0 Å². The Kier molecular flexibility index (Phi) is 2.76. The standard InChI is InChI=1S/C11H12BFO2/c12-9-10(14)7-3-1-2-6(4-5-13)8(7)11(9)15/h1-2,6-9H,3-5H2. The molecule has 4 atom stereocenters. The molecule has 2 rings (SSSR count). The van der Waals surface area contributed by atoms with Gasteiger partial charge in [0.2, 0.25) is 0 Å². The van der Waals surface area contributed by atoms with Crippen molar-refractivity contribution < 1.29 is 14.0 Å². The molecule has 0 aromatic rings. The number of allylic oxidation sites excluding steroid dienone is 2. The van der Waals surface area contributed by atoms with Crippen LogP contribution in [-0.2, 0) is 9.59 Å². The predicted octanol–water partition coefficient (Wildman–Crippen LogP) is 1.26. The van der Waals surface area contributed by atoms with E-state index in [9.17, 15) is 14.0 Å². The molecule has 4 unspecified atom stereocenters. The molecule has 0 N–H and O–H groups in total. The molecular weight excluding hydrogens is 194 g/mol. The highest BCUT2D eigenvalue weighted by Gasteiger charge is 2.49. The van der Waals surface area contributed by atoms with Gasteiger partial charge in [0.1, 0.15) is 11.6 Å². The maximum atomic E-state index is 12.3. The van der Waals surface area contributed by atoms with E-state index < -0.39 is 12.5 Å². The van der Waals surface area contributed by atoms with Gasteiger partial charge in [-0.25, -0.2) is 0 Å². The first-order chi connectivity index (χ1) is 7.16. The van der Waals surface area contributed by atoms with Crippen LogP contribution in [0.5, 0.6) is 0 Å². The van der Waals surface area contributed by atoms with Crippen LogP contribution in [0.15, 0.2) is 12.2 Å². The van der Waals surface area contributed by atoms with Gasteiger partial charge in [0.15, 0.2) is 0 Å². The number of alkyl halides is 1. The van der Waals surface area contributed by atoms with E-state index in [2.05, 4.69) is 0 Å². The van der Waals surface area contributed by atoms with Gasteiger partial charge >= 0.3 is 0 Å². The lowest BCUT2D eigenvalue weighted by molar-refractivity contribution is -0.123. The highest BCUT2D eigenvalue weighted by molar-refractivity contribution is 6.40. The summed E-state index contributed by atoms with van der Waals surface area (Å²) < 4.78 is 12.3. The quantitative estimate of drug-likeness (QED) is 0.387. The minimum Gasteiger partial charge on any atom is -0.299 e. The molecule has 0 aromatic heterocycles. The van der Waals surface area contributed by atoms with Crippen molar-refractivity contribution in [3.05, 3.63) is 12.2 Å². The fourth-order valence-electron chi connectivity index (χ4n) is 2.65. The first-order valence-electron chi connectivity index (χ1n) is 5.22. The van der Waals surface area contributed by atoms with Crippen molar-refractivity contribution in [3.63, 3.8) is 0 Å². The van der Waals surface area contributed by atoms with Crippen LogP contribution in [0.25, 0.3) is 0 Å². The monoisotopic (exact) mass is 206 g/mol. The summed E-state index contributed by atoms with van der Waals surface area (Å²) in [5.74, 6) is -2.14. The number of hydrogen-bond donors (Lipinski definition) is 0. The minimum absolute atomic E-state index is 0.140. The van der Waals surface area contributed by atoms with Crippen LogP contribution < -0.4 is 0 Å². The van der Waals surface area contributed by atoms with Crippen molar-refractivity contribution in [1.29, 1.82) is 0 Å². The van der Waals surface area contributed by atoms with Gasteiger partial charge in [0, 0.05) is 17.7 Å². The summed E-state index contributed by atoms with van der Waals surface area (Å²) in [7, 11) is 5.52. The number of carbonyl (C=O) groups is 2. The van der Waals surface area contributed by atoms with E-state index in [1.807, 2.05) is 12.2 Å². The van der Waals surface area contributed by atoms with E-state index in [-0.39, 0.29) is 29.3 Å². The lowest BCUT2D eigenvalue weighted by Gasteiger charge is -2.26. The molecule has 2 radical (unpaired) electrons. The lowest BCUT2D eigenvalue weighted by atomic mass is 9.76. The summed E-state index contributed by atoms with van der Waals surface area (Å²) in [5, 5.41) is 0. The number of Topliss-reactive ketones (excluding diaryl/α,β-unsaturated/α-hetero) is 2. The third-order valence-electron chi connectivity index (χ3n) is 3.42. The third kappa shape index (κ3) is 1.56. The first-order valence-corrected chi connectivity index (χ1v) is 5.22. The second-order valence-corrected chi connectivity index (χ2v) is 4.22. The number of ketones is 2. The van der Waals surface area contributed by atoms with E-state index in [0.29, 0.717) is 12.8 Å².